The zero-order chi connectivity index (χ0) is 13.3. The van der Waals surface area contributed by atoms with E-state index in [0.29, 0.717) is 0 Å². The summed E-state index contributed by atoms with van der Waals surface area (Å²) in [6, 6.07) is 6.20. The highest BCUT2D eigenvalue weighted by atomic mass is 15.3. The number of rotatable bonds is 0. The number of fused-ring (bicyclic) bond motifs is 7. The number of hydrogen-bond donors (Lipinski definition) is 0. The Morgan fingerprint density at radius 1 is 1.25 bits per heavy atom. The van der Waals surface area contributed by atoms with Crippen LogP contribution in [0.25, 0.3) is 28.2 Å². The Hall–Kier alpha value is -2.69. The lowest BCUT2D eigenvalue weighted by Gasteiger charge is -1.93. The average molecular weight is 262 g/mol. The molecule has 0 unspecified atom stereocenters. The Kier molecular flexibility index (Phi) is 1.65. The predicted molar refractivity (Wildman–Crippen MR) is 74.2 cm³/mol. The van der Waals surface area contributed by atoms with Gasteiger partial charge in [-0.3, -0.25) is 9.97 Å². The van der Waals surface area contributed by atoms with Gasteiger partial charge in [0.2, 0.25) is 0 Å². The van der Waals surface area contributed by atoms with Gasteiger partial charge in [-0.2, -0.15) is 4.40 Å². The van der Waals surface area contributed by atoms with Crippen molar-refractivity contribution in [2.24, 2.45) is 7.05 Å². The van der Waals surface area contributed by atoms with Crippen LogP contribution in [0.3, 0.4) is 0 Å². The molecule has 0 amide bonds. The van der Waals surface area contributed by atoms with Crippen LogP contribution < -0.4 is 4.40 Å². The largest absolute Gasteiger partial charge is 0.370 e. The first kappa shape index (κ1) is 10.1. The van der Waals surface area contributed by atoms with E-state index in [1.54, 1.807) is 0 Å². The number of aromatic nitrogens is 5. The molecule has 0 aliphatic carbocycles. The van der Waals surface area contributed by atoms with Crippen LogP contribution in [0.4, 0.5) is 0 Å². The highest BCUT2D eigenvalue weighted by molar-refractivity contribution is 5.75. The molecule has 0 radical (unpaired) electrons. The zero-order valence-electron chi connectivity index (χ0n) is 11.0. The number of pyridine rings is 2. The normalized spacial score (nSPS) is 13.1. The smallest absolute Gasteiger partial charge is 0.261 e. The van der Waals surface area contributed by atoms with Gasteiger partial charge in [-0.05, 0) is 12.1 Å². The van der Waals surface area contributed by atoms with E-state index in [2.05, 4.69) is 48.9 Å². The molecule has 0 saturated carbocycles. The van der Waals surface area contributed by atoms with Gasteiger partial charge in [0, 0.05) is 18.0 Å². The molecule has 20 heavy (non-hydrogen) atoms. The average Bonchev–Trinajstić information content (AvgIpc) is 3.09. The maximum atomic E-state index is 4.53. The number of hydrogen-bond acceptors (Lipinski definition) is 2. The maximum Gasteiger partial charge on any atom is 0.370 e. The van der Waals surface area contributed by atoms with Gasteiger partial charge in [-0.15, -0.1) is 0 Å². The van der Waals surface area contributed by atoms with Crippen molar-refractivity contribution >= 4 is 16.8 Å². The second-order valence-electron chi connectivity index (χ2n) is 5.21. The third-order valence-electron chi connectivity index (χ3n) is 4.16. The van der Waals surface area contributed by atoms with E-state index < -0.39 is 0 Å². The van der Waals surface area contributed by atoms with Gasteiger partial charge in [-0.25, -0.2) is 9.13 Å². The molecular weight excluding hydrogens is 250 g/mol. The molecule has 4 aromatic rings. The van der Waals surface area contributed by atoms with Gasteiger partial charge in [0.1, 0.15) is 17.4 Å². The highest BCUT2D eigenvalue weighted by Crippen LogP contribution is 2.31. The van der Waals surface area contributed by atoms with Crippen LogP contribution in [-0.4, -0.2) is 19.1 Å². The highest BCUT2D eigenvalue weighted by Gasteiger charge is 2.31. The van der Waals surface area contributed by atoms with Gasteiger partial charge in [-0.1, -0.05) is 6.07 Å². The van der Waals surface area contributed by atoms with Crippen LogP contribution in [0.1, 0.15) is 5.56 Å². The van der Waals surface area contributed by atoms with E-state index in [4.69, 9.17) is 0 Å². The van der Waals surface area contributed by atoms with Gasteiger partial charge in [0.15, 0.2) is 11.2 Å². The van der Waals surface area contributed by atoms with E-state index in [1.807, 2.05) is 24.7 Å². The lowest BCUT2D eigenvalue weighted by Crippen LogP contribution is -2.18. The first-order valence-electron chi connectivity index (χ1n) is 6.62. The molecule has 5 rings (SSSR count). The first-order chi connectivity index (χ1) is 9.84. The Balaban J connectivity index is 1.97. The minimum Gasteiger partial charge on any atom is -0.261 e. The Bertz CT molecular complexity index is 992. The second kappa shape index (κ2) is 3.25. The van der Waals surface area contributed by atoms with Crippen molar-refractivity contribution in [3.8, 4) is 11.4 Å². The summed E-state index contributed by atoms with van der Waals surface area (Å²) in [6.07, 6.45) is 7.79. The minimum atomic E-state index is 0.882. The van der Waals surface area contributed by atoms with Crippen molar-refractivity contribution in [1.29, 1.82) is 0 Å². The van der Waals surface area contributed by atoms with E-state index >= 15 is 0 Å². The van der Waals surface area contributed by atoms with Crippen molar-refractivity contribution in [1.82, 2.24) is 19.1 Å². The maximum absolute atomic E-state index is 4.53. The molecule has 0 fully saturated rings. The SMILES string of the molecule is Cn1c2cnccc2[n+]2cc3n(c12)Cc1cccnc1-3. The van der Waals surface area contributed by atoms with Gasteiger partial charge >= 0.3 is 5.78 Å². The molecular formula is C15H12N5+. The molecule has 96 valence electrons. The quantitative estimate of drug-likeness (QED) is 0.397. The molecule has 0 atom stereocenters. The van der Waals surface area contributed by atoms with Crippen molar-refractivity contribution in [2.75, 3.05) is 0 Å². The summed E-state index contributed by atoms with van der Waals surface area (Å²) in [5, 5.41) is 0. The molecule has 0 spiro atoms. The first-order valence-corrected chi connectivity index (χ1v) is 6.62. The van der Waals surface area contributed by atoms with Crippen LogP contribution in [0.5, 0.6) is 0 Å². The Labute approximate surface area is 114 Å². The Morgan fingerprint density at radius 3 is 3.15 bits per heavy atom. The molecule has 4 aromatic heterocycles. The molecule has 5 heterocycles. The van der Waals surface area contributed by atoms with E-state index in [0.717, 1.165) is 17.8 Å². The van der Waals surface area contributed by atoms with Crippen molar-refractivity contribution < 1.29 is 4.40 Å². The summed E-state index contributed by atoms with van der Waals surface area (Å²) < 4.78 is 6.74. The third-order valence-corrected chi connectivity index (χ3v) is 4.16. The van der Waals surface area contributed by atoms with Gasteiger partial charge in [0.25, 0.3) is 0 Å². The van der Waals surface area contributed by atoms with Gasteiger partial charge in [0.05, 0.1) is 19.8 Å². The summed E-state index contributed by atoms with van der Waals surface area (Å²) in [7, 11) is 2.09. The van der Waals surface area contributed by atoms with E-state index in [1.165, 1.54) is 22.6 Å². The standard InChI is InChI=1S/C15H12N5/c1-18-12-7-16-6-4-11(12)20-9-13-14-10(3-2-5-17-14)8-19(13)15(18)20/h2-7,9H,8H2,1H3/q+1. The lowest BCUT2D eigenvalue weighted by atomic mass is 10.2. The second-order valence-corrected chi connectivity index (χ2v) is 5.21. The molecule has 0 aromatic carbocycles. The third kappa shape index (κ3) is 1.02. The van der Waals surface area contributed by atoms with E-state index in [-0.39, 0.29) is 0 Å². The van der Waals surface area contributed by atoms with Crippen LogP contribution in [0.15, 0.2) is 43.0 Å². The van der Waals surface area contributed by atoms with Crippen LogP contribution in [0, 0.1) is 0 Å². The monoisotopic (exact) mass is 262 g/mol. The number of nitrogens with zero attached hydrogens (tertiary/aromatic N) is 5. The van der Waals surface area contributed by atoms with Crippen LogP contribution in [-0.2, 0) is 13.6 Å². The Morgan fingerprint density at radius 2 is 2.20 bits per heavy atom. The minimum absolute atomic E-state index is 0.882. The summed E-state index contributed by atoms with van der Waals surface area (Å²) in [5.74, 6) is 1.17. The topological polar surface area (TPSA) is 39.7 Å². The number of aryl methyl sites for hydroxylation is 1. The predicted octanol–water partition coefficient (Wildman–Crippen LogP) is 1.54. The summed E-state index contributed by atoms with van der Waals surface area (Å²) in [4.78, 5) is 8.76. The fraction of sp³-hybridized carbons (Fsp3) is 0.133. The molecule has 0 bridgehead atoms. The van der Waals surface area contributed by atoms with Crippen molar-refractivity contribution in [2.45, 2.75) is 6.54 Å². The molecule has 1 aliphatic heterocycles. The summed E-state index contributed by atoms with van der Waals surface area (Å²) in [6.45, 7) is 0.882. The number of imidazole rings is 2. The van der Waals surface area contributed by atoms with Crippen LogP contribution in [0.2, 0.25) is 0 Å². The zero-order valence-corrected chi connectivity index (χ0v) is 11.0. The summed E-state index contributed by atoms with van der Waals surface area (Å²) >= 11 is 0. The lowest BCUT2D eigenvalue weighted by molar-refractivity contribution is -0.480. The van der Waals surface area contributed by atoms with Crippen molar-refractivity contribution in [3.63, 3.8) is 0 Å². The van der Waals surface area contributed by atoms with Crippen molar-refractivity contribution in [3.05, 3.63) is 48.5 Å². The fourth-order valence-corrected chi connectivity index (χ4v) is 3.27. The molecule has 5 heteroatoms. The van der Waals surface area contributed by atoms with Gasteiger partial charge < -0.3 is 0 Å². The fourth-order valence-electron chi connectivity index (χ4n) is 3.27. The molecule has 0 N–H and O–H groups in total. The van der Waals surface area contributed by atoms with Crippen LogP contribution >= 0.6 is 0 Å². The molecule has 1 aliphatic rings. The molecule has 0 saturated heterocycles. The molecule has 5 nitrogen and oxygen atoms in total. The van der Waals surface area contributed by atoms with E-state index in [9.17, 15) is 0 Å². The summed E-state index contributed by atoms with van der Waals surface area (Å²) in [5.41, 5.74) is 5.88.